The molecule has 0 aliphatic heterocycles. The molecular formula is C18H23NO. The van der Waals surface area contributed by atoms with Gasteiger partial charge in [-0.2, -0.15) is 0 Å². The predicted molar refractivity (Wildman–Crippen MR) is 84.1 cm³/mol. The Morgan fingerprint density at radius 2 is 1.75 bits per heavy atom. The predicted octanol–water partition coefficient (Wildman–Crippen LogP) is 4.22. The summed E-state index contributed by atoms with van der Waals surface area (Å²) in [6.45, 7) is 5.03. The molecule has 0 saturated heterocycles. The molecule has 2 aromatic rings. The molecule has 0 spiro atoms. The Labute approximate surface area is 121 Å². The van der Waals surface area contributed by atoms with E-state index in [2.05, 4.69) is 38.1 Å². The van der Waals surface area contributed by atoms with Crippen LogP contribution in [-0.2, 0) is 0 Å². The molecule has 2 heteroatoms. The van der Waals surface area contributed by atoms with E-state index in [0.29, 0.717) is 0 Å². The van der Waals surface area contributed by atoms with Crippen LogP contribution in [0.25, 0.3) is 0 Å². The van der Waals surface area contributed by atoms with Gasteiger partial charge in [0.2, 0.25) is 0 Å². The molecule has 2 nitrogen and oxygen atoms in total. The van der Waals surface area contributed by atoms with Gasteiger partial charge in [-0.15, -0.1) is 0 Å². The lowest BCUT2D eigenvalue weighted by molar-refractivity contribution is 0.309. The third kappa shape index (κ3) is 3.61. The van der Waals surface area contributed by atoms with Crippen molar-refractivity contribution in [1.82, 2.24) is 0 Å². The van der Waals surface area contributed by atoms with Crippen LogP contribution in [0.15, 0.2) is 48.5 Å². The first-order valence-electron chi connectivity index (χ1n) is 7.26. The van der Waals surface area contributed by atoms with Crippen molar-refractivity contribution in [3.63, 3.8) is 0 Å². The Hall–Kier alpha value is -1.80. The molecule has 20 heavy (non-hydrogen) atoms. The molecule has 106 valence electrons. The lowest BCUT2D eigenvalue weighted by Gasteiger charge is -2.15. The number of rotatable bonds is 6. The maximum absolute atomic E-state index is 6.35. The van der Waals surface area contributed by atoms with Crippen molar-refractivity contribution < 1.29 is 4.74 Å². The normalized spacial score (nSPS) is 12.2. The second-order valence-electron chi connectivity index (χ2n) is 5.11. The molecule has 0 saturated carbocycles. The van der Waals surface area contributed by atoms with Crippen LogP contribution >= 0.6 is 0 Å². The summed E-state index contributed by atoms with van der Waals surface area (Å²) in [6, 6.07) is 16.3. The van der Waals surface area contributed by atoms with Gasteiger partial charge >= 0.3 is 0 Å². The fourth-order valence-corrected chi connectivity index (χ4v) is 2.22. The lowest BCUT2D eigenvalue weighted by atomic mass is 9.96. The number of ether oxygens (including phenoxy) is 1. The van der Waals surface area contributed by atoms with Crippen molar-refractivity contribution in [2.45, 2.75) is 32.7 Å². The first kappa shape index (κ1) is 14.6. The van der Waals surface area contributed by atoms with E-state index < -0.39 is 0 Å². The zero-order valence-electron chi connectivity index (χ0n) is 12.3. The zero-order valence-corrected chi connectivity index (χ0v) is 12.3. The van der Waals surface area contributed by atoms with Gasteiger partial charge in [0.05, 0.1) is 12.6 Å². The topological polar surface area (TPSA) is 35.2 Å². The molecule has 0 radical (unpaired) electrons. The summed E-state index contributed by atoms with van der Waals surface area (Å²) in [5.41, 5.74) is 9.86. The molecule has 0 aromatic heterocycles. The van der Waals surface area contributed by atoms with Gasteiger partial charge in [-0.25, -0.2) is 0 Å². The molecule has 1 atom stereocenters. The van der Waals surface area contributed by atoms with Crippen LogP contribution in [0.2, 0.25) is 0 Å². The zero-order chi connectivity index (χ0) is 14.4. The van der Waals surface area contributed by atoms with E-state index in [1.165, 1.54) is 11.1 Å². The average Bonchev–Trinajstić information content (AvgIpc) is 2.48. The first-order chi connectivity index (χ1) is 9.72. The summed E-state index contributed by atoms with van der Waals surface area (Å²) in [6.07, 6.45) is 2.24. The largest absolute Gasteiger partial charge is 0.494 e. The van der Waals surface area contributed by atoms with Crippen molar-refractivity contribution in [3.8, 4) is 5.75 Å². The van der Waals surface area contributed by atoms with Gasteiger partial charge in [0, 0.05) is 0 Å². The third-order valence-electron chi connectivity index (χ3n) is 3.53. The van der Waals surface area contributed by atoms with E-state index in [9.17, 15) is 0 Å². The van der Waals surface area contributed by atoms with Crippen molar-refractivity contribution in [2.75, 3.05) is 6.61 Å². The van der Waals surface area contributed by atoms with Gasteiger partial charge in [0.25, 0.3) is 0 Å². The Morgan fingerprint density at radius 3 is 2.40 bits per heavy atom. The fraction of sp³-hybridized carbons (Fsp3) is 0.333. The number of hydrogen-bond donors (Lipinski definition) is 1. The monoisotopic (exact) mass is 269 g/mol. The van der Waals surface area contributed by atoms with Crippen LogP contribution in [0, 0.1) is 6.92 Å². The minimum atomic E-state index is -0.0825. The van der Waals surface area contributed by atoms with E-state index in [1.54, 1.807) is 0 Å². The van der Waals surface area contributed by atoms with E-state index >= 15 is 0 Å². The second kappa shape index (κ2) is 7.11. The highest BCUT2D eigenvalue weighted by molar-refractivity contribution is 5.38. The maximum atomic E-state index is 6.35. The molecule has 2 rings (SSSR count). The van der Waals surface area contributed by atoms with Crippen molar-refractivity contribution in [2.24, 2.45) is 5.73 Å². The average molecular weight is 269 g/mol. The first-order valence-corrected chi connectivity index (χ1v) is 7.26. The third-order valence-corrected chi connectivity index (χ3v) is 3.53. The minimum absolute atomic E-state index is 0.0825. The molecule has 0 amide bonds. The van der Waals surface area contributed by atoms with Crippen molar-refractivity contribution in [1.29, 1.82) is 0 Å². The van der Waals surface area contributed by atoms with Crippen LogP contribution < -0.4 is 10.5 Å². The van der Waals surface area contributed by atoms with Crippen molar-refractivity contribution in [3.05, 3.63) is 65.2 Å². The van der Waals surface area contributed by atoms with Gasteiger partial charge in [-0.1, -0.05) is 49.7 Å². The van der Waals surface area contributed by atoms with E-state index in [0.717, 1.165) is 30.8 Å². The van der Waals surface area contributed by atoms with Gasteiger partial charge in [-0.3, -0.25) is 0 Å². The van der Waals surface area contributed by atoms with Crippen LogP contribution in [0.3, 0.4) is 0 Å². The lowest BCUT2D eigenvalue weighted by Crippen LogP contribution is -2.13. The Balaban J connectivity index is 2.08. The summed E-state index contributed by atoms with van der Waals surface area (Å²) in [7, 11) is 0. The molecule has 0 heterocycles. The Bertz CT molecular complexity index is 533. The van der Waals surface area contributed by atoms with Crippen LogP contribution in [0.1, 0.15) is 42.5 Å². The highest BCUT2D eigenvalue weighted by atomic mass is 16.5. The second-order valence-corrected chi connectivity index (χ2v) is 5.11. The molecule has 0 aliphatic rings. The molecule has 2 aromatic carbocycles. The van der Waals surface area contributed by atoms with E-state index in [-0.39, 0.29) is 6.04 Å². The van der Waals surface area contributed by atoms with Gasteiger partial charge in [0.1, 0.15) is 5.75 Å². The highest BCUT2D eigenvalue weighted by Gasteiger charge is 2.10. The number of benzene rings is 2. The molecule has 2 N–H and O–H groups in total. The number of unbranched alkanes of at least 4 members (excludes halogenated alkanes) is 1. The number of nitrogens with two attached hydrogens (primary N) is 1. The summed E-state index contributed by atoms with van der Waals surface area (Å²) in [5, 5.41) is 0. The SMILES string of the molecule is CCCCOc1ccc(C(N)c2ccccc2C)cc1. The maximum Gasteiger partial charge on any atom is 0.119 e. The summed E-state index contributed by atoms with van der Waals surface area (Å²) < 4.78 is 5.67. The van der Waals surface area contributed by atoms with Gasteiger partial charge in [0.15, 0.2) is 0 Å². The Kier molecular flexibility index (Phi) is 5.19. The number of aryl methyl sites for hydroxylation is 1. The van der Waals surface area contributed by atoms with E-state index in [1.807, 2.05) is 24.3 Å². The van der Waals surface area contributed by atoms with Gasteiger partial charge < -0.3 is 10.5 Å². The van der Waals surface area contributed by atoms with Gasteiger partial charge in [-0.05, 0) is 42.2 Å². The Morgan fingerprint density at radius 1 is 1.05 bits per heavy atom. The summed E-state index contributed by atoms with van der Waals surface area (Å²) >= 11 is 0. The summed E-state index contributed by atoms with van der Waals surface area (Å²) in [4.78, 5) is 0. The minimum Gasteiger partial charge on any atom is -0.494 e. The number of hydrogen-bond acceptors (Lipinski definition) is 2. The van der Waals surface area contributed by atoms with Crippen molar-refractivity contribution >= 4 is 0 Å². The molecular weight excluding hydrogens is 246 g/mol. The highest BCUT2D eigenvalue weighted by Crippen LogP contribution is 2.24. The smallest absolute Gasteiger partial charge is 0.119 e. The molecule has 0 aliphatic carbocycles. The molecule has 0 bridgehead atoms. The van der Waals surface area contributed by atoms with Crippen LogP contribution in [-0.4, -0.2) is 6.61 Å². The van der Waals surface area contributed by atoms with E-state index in [4.69, 9.17) is 10.5 Å². The fourth-order valence-electron chi connectivity index (χ4n) is 2.22. The standard InChI is InChI=1S/C18H23NO/c1-3-4-13-20-16-11-9-15(10-12-16)18(19)17-8-6-5-7-14(17)2/h5-12,18H,3-4,13,19H2,1-2H3. The quantitative estimate of drug-likeness (QED) is 0.797. The molecule has 0 fully saturated rings. The summed E-state index contributed by atoms with van der Waals surface area (Å²) in [5.74, 6) is 0.916. The van der Waals surface area contributed by atoms with Crippen LogP contribution in [0.4, 0.5) is 0 Å². The van der Waals surface area contributed by atoms with Crippen LogP contribution in [0.5, 0.6) is 5.75 Å². The molecule has 1 unspecified atom stereocenters.